The molecule has 1 aliphatic heterocycles. The Morgan fingerprint density at radius 1 is 1.47 bits per heavy atom. The van der Waals surface area contributed by atoms with Crippen LogP contribution in [0.3, 0.4) is 0 Å². The predicted molar refractivity (Wildman–Crippen MR) is 55.8 cm³/mol. The molecule has 1 aliphatic carbocycles. The van der Waals surface area contributed by atoms with Gasteiger partial charge in [0.1, 0.15) is 5.54 Å². The molecule has 0 bridgehead atoms. The number of carboxylic acid groups (broad SMARTS) is 1. The monoisotopic (exact) mass is 213 g/mol. The van der Waals surface area contributed by atoms with Crippen molar-refractivity contribution in [2.45, 2.75) is 31.2 Å². The fourth-order valence-electron chi connectivity index (χ4n) is 2.74. The molecular weight excluding hydrogens is 194 g/mol. The van der Waals surface area contributed by atoms with Crippen molar-refractivity contribution in [3.05, 3.63) is 0 Å². The van der Waals surface area contributed by atoms with Crippen LogP contribution in [0.2, 0.25) is 0 Å². The van der Waals surface area contributed by atoms with Gasteiger partial charge < -0.3 is 9.84 Å². The number of ether oxygens (including phenoxy) is 1. The number of methoxy groups -OCH3 is 1. The lowest BCUT2D eigenvalue weighted by molar-refractivity contribution is -0.157. The number of rotatable bonds is 5. The molecule has 1 atom stereocenters. The normalized spacial score (nSPS) is 26.5. The summed E-state index contributed by atoms with van der Waals surface area (Å²) in [5.74, 6) is -0.401. The summed E-state index contributed by atoms with van der Waals surface area (Å²) in [5.41, 5.74) is -0.731. The minimum Gasteiger partial charge on any atom is -0.480 e. The van der Waals surface area contributed by atoms with Gasteiger partial charge in [0.15, 0.2) is 0 Å². The van der Waals surface area contributed by atoms with Crippen LogP contribution >= 0.6 is 0 Å². The molecular formula is C11H19NO3. The van der Waals surface area contributed by atoms with Gasteiger partial charge in [0.25, 0.3) is 0 Å². The second kappa shape index (κ2) is 4.10. The lowest BCUT2D eigenvalue weighted by Gasteiger charge is -2.37. The maximum atomic E-state index is 11.6. The maximum Gasteiger partial charge on any atom is 0.326 e. The van der Waals surface area contributed by atoms with Gasteiger partial charge in [-0.25, -0.2) is 0 Å². The maximum absolute atomic E-state index is 11.6. The van der Waals surface area contributed by atoms with Crippen molar-refractivity contribution >= 4 is 5.97 Å². The van der Waals surface area contributed by atoms with E-state index in [-0.39, 0.29) is 0 Å². The smallest absolute Gasteiger partial charge is 0.326 e. The summed E-state index contributed by atoms with van der Waals surface area (Å²) in [6.07, 6.45) is 4.30. The Kier molecular flexibility index (Phi) is 2.98. The van der Waals surface area contributed by atoms with Gasteiger partial charge in [-0.1, -0.05) is 0 Å². The summed E-state index contributed by atoms with van der Waals surface area (Å²) in [6.45, 7) is 2.14. The molecule has 1 N–H and O–H groups in total. The van der Waals surface area contributed by atoms with E-state index in [1.54, 1.807) is 7.11 Å². The highest BCUT2D eigenvalue weighted by atomic mass is 16.5. The Morgan fingerprint density at radius 2 is 2.07 bits per heavy atom. The van der Waals surface area contributed by atoms with E-state index in [0.29, 0.717) is 12.5 Å². The van der Waals surface area contributed by atoms with Gasteiger partial charge in [-0.15, -0.1) is 0 Å². The van der Waals surface area contributed by atoms with E-state index in [9.17, 15) is 9.90 Å². The van der Waals surface area contributed by atoms with Crippen LogP contribution in [-0.4, -0.2) is 48.3 Å². The highest BCUT2D eigenvalue weighted by Crippen LogP contribution is 2.44. The Hall–Kier alpha value is -0.610. The lowest BCUT2D eigenvalue weighted by Crippen LogP contribution is -2.58. The highest BCUT2D eigenvalue weighted by Gasteiger charge is 2.55. The fourth-order valence-corrected chi connectivity index (χ4v) is 2.74. The van der Waals surface area contributed by atoms with Crippen molar-refractivity contribution in [2.24, 2.45) is 5.92 Å². The molecule has 0 radical (unpaired) electrons. The molecule has 1 unspecified atom stereocenters. The predicted octanol–water partition coefficient (Wildman–Crippen LogP) is 0.962. The molecule has 0 aromatic carbocycles. The number of carboxylic acids is 1. The third-order valence-corrected chi connectivity index (χ3v) is 3.66. The second-order valence-electron chi connectivity index (χ2n) is 4.63. The molecule has 86 valence electrons. The first-order chi connectivity index (χ1) is 7.21. The third kappa shape index (κ3) is 1.76. The summed E-state index contributed by atoms with van der Waals surface area (Å²) in [4.78, 5) is 13.7. The summed E-state index contributed by atoms with van der Waals surface area (Å²) >= 11 is 0. The fraction of sp³-hybridized carbons (Fsp3) is 0.909. The third-order valence-electron chi connectivity index (χ3n) is 3.66. The van der Waals surface area contributed by atoms with Gasteiger partial charge in [-0.2, -0.15) is 0 Å². The van der Waals surface area contributed by atoms with Crippen LogP contribution in [0.25, 0.3) is 0 Å². The van der Waals surface area contributed by atoms with Crippen molar-refractivity contribution in [2.75, 3.05) is 26.8 Å². The standard InChI is InChI=1S/C11H19NO3/c1-15-8-11(10(13)14,9-4-5-9)12-6-2-3-7-12/h9H,2-8H2,1H3,(H,13,14). The zero-order chi connectivity index (χ0) is 10.9. The lowest BCUT2D eigenvalue weighted by atomic mass is 9.92. The average molecular weight is 213 g/mol. The van der Waals surface area contributed by atoms with Crippen molar-refractivity contribution in [3.8, 4) is 0 Å². The second-order valence-corrected chi connectivity index (χ2v) is 4.63. The van der Waals surface area contributed by atoms with Gasteiger partial charge in [-0.3, -0.25) is 9.69 Å². The van der Waals surface area contributed by atoms with Crippen LogP contribution in [0, 0.1) is 5.92 Å². The van der Waals surface area contributed by atoms with E-state index in [1.807, 2.05) is 0 Å². The Labute approximate surface area is 90.2 Å². The number of aliphatic carboxylic acids is 1. The van der Waals surface area contributed by atoms with Crippen LogP contribution < -0.4 is 0 Å². The van der Waals surface area contributed by atoms with Gasteiger partial charge in [0.05, 0.1) is 6.61 Å². The zero-order valence-electron chi connectivity index (χ0n) is 9.24. The van der Waals surface area contributed by atoms with Crippen molar-refractivity contribution in [3.63, 3.8) is 0 Å². The first kappa shape index (κ1) is 10.9. The Morgan fingerprint density at radius 3 is 2.47 bits per heavy atom. The number of hydrogen-bond donors (Lipinski definition) is 1. The van der Waals surface area contributed by atoms with E-state index < -0.39 is 11.5 Å². The summed E-state index contributed by atoms with van der Waals surface area (Å²) in [7, 11) is 1.59. The average Bonchev–Trinajstić information content (AvgIpc) is 2.90. The van der Waals surface area contributed by atoms with Crippen molar-refractivity contribution < 1.29 is 14.6 Å². The molecule has 2 rings (SSSR count). The van der Waals surface area contributed by atoms with Crippen LogP contribution in [0.5, 0.6) is 0 Å². The highest BCUT2D eigenvalue weighted by molar-refractivity contribution is 5.80. The molecule has 1 saturated carbocycles. The van der Waals surface area contributed by atoms with Crippen LogP contribution in [0.15, 0.2) is 0 Å². The van der Waals surface area contributed by atoms with Crippen molar-refractivity contribution in [1.82, 2.24) is 4.90 Å². The van der Waals surface area contributed by atoms with E-state index in [1.165, 1.54) is 0 Å². The molecule has 1 heterocycles. The molecule has 0 amide bonds. The topological polar surface area (TPSA) is 49.8 Å². The van der Waals surface area contributed by atoms with Crippen LogP contribution in [-0.2, 0) is 9.53 Å². The molecule has 0 spiro atoms. The summed E-state index contributed by atoms with van der Waals surface area (Å²) < 4.78 is 5.16. The van der Waals surface area contributed by atoms with E-state index in [2.05, 4.69) is 4.90 Å². The number of hydrogen-bond acceptors (Lipinski definition) is 3. The molecule has 4 heteroatoms. The minimum absolute atomic E-state index is 0.299. The first-order valence-electron chi connectivity index (χ1n) is 5.69. The number of carbonyl (C=O) groups is 1. The molecule has 2 aliphatic rings. The summed E-state index contributed by atoms with van der Waals surface area (Å²) in [6, 6.07) is 0. The van der Waals surface area contributed by atoms with E-state index in [0.717, 1.165) is 38.8 Å². The zero-order valence-corrected chi connectivity index (χ0v) is 9.24. The first-order valence-corrected chi connectivity index (χ1v) is 5.69. The molecule has 0 aromatic heterocycles. The van der Waals surface area contributed by atoms with E-state index >= 15 is 0 Å². The van der Waals surface area contributed by atoms with Crippen LogP contribution in [0.1, 0.15) is 25.7 Å². The Balaban J connectivity index is 2.21. The van der Waals surface area contributed by atoms with Gasteiger partial charge in [0.2, 0.25) is 0 Å². The largest absolute Gasteiger partial charge is 0.480 e. The SMILES string of the molecule is COCC(C(=O)O)(C1CC1)N1CCCC1. The van der Waals surface area contributed by atoms with Crippen LogP contribution in [0.4, 0.5) is 0 Å². The van der Waals surface area contributed by atoms with Gasteiger partial charge in [0, 0.05) is 7.11 Å². The Bertz CT molecular complexity index is 246. The molecule has 15 heavy (non-hydrogen) atoms. The minimum atomic E-state index is -0.731. The van der Waals surface area contributed by atoms with Gasteiger partial charge >= 0.3 is 5.97 Å². The summed E-state index contributed by atoms with van der Waals surface area (Å²) in [5, 5.41) is 9.50. The molecule has 1 saturated heterocycles. The molecule has 0 aromatic rings. The molecule has 4 nitrogen and oxygen atoms in total. The molecule has 2 fully saturated rings. The van der Waals surface area contributed by atoms with Gasteiger partial charge in [-0.05, 0) is 44.7 Å². The quantitative estimate of drug-likeness (QED) is 0.739. The van der Waals surface area contributed by atoms with E-state index in [4.69, 9.17) is 4.74 Å². The number of likely N-dealkylation sites (tertiary alicyclic amines) is 1. The van der Waals surface area contributed by atoms with Crippen molar-refractivity contribution in [1.29, 1.82) is 0 Å². The number of nitrogens with zero attached hydrogens (tertiary/aromatic N) is 1.